The summed E-state index contributed by atoms with van der Waals surface area (Å²) < 4.78 is 23.5. The van der Waals surface area contributed by atoms with Crippen LogP contribution in [0, 0.1) is 0 Å². The summed E-state index contributed by atoms with van der Waals surface area (Å²) in [6.45, 7) is 1.80. The highest BCUT2D eigenvalue weighted by Crippen LogP contribution is 2.31. The van der Waals surface area contributed by atoms with Gasteiger partial charge in [0.25, 0.3) is 0 Å². The van der Waals surface area contributed by atoms with Gasteiger partial charge in [0.15, 0.2) is 0 Å². The van der Waals surface area contributed by atoms with Crippen LogP contribution in [0.3, 0.4) is 0 Å². The fourth-order valence-electron chi connectivity index (χ4n) is 4.30. The molecule has 33 heavy (non-hydrogen) atoms. The van der Waals surface area contributed by atoms with E-state index in [-0.39, 0.29) is 16.8 Å². The molecule has 1 aliphatic rings. The molecule has 4 aromatic rings. The number of likely N-dealkylation sites (tertiary alicyclic amines) is 1. The van der Waals surface area contributed by atoms with Crippen LogP contribution in [0.2, 0.25) is 0 Å². The molecule has 4 N–H and O–H groups in total. The van der Waals surface area contributed by atoms with E-state index in [4.69, 9.17) is 5.14 Å². The maximum atomic E-state index is 13.3. The van der Waals surface area contributed by atoms with Gasteiger partial charge in [0.1, 0.15) is 11.7 Å². The first-order valence-electron chi connectivity index (χ1n) is 10.6. The van der Waals surface area contributed by atoms with Gasteiger partial charge in [-0.1, -0.05) is 12.1 Å². The van der Waals surface area contributed by atoms with Crippen LogP contribution < -0.4 is 10.5 Å². The normalized spacial score (nSPS) is 15.7. The van der Waals surface area contributed by atoms with E-state index >= 15 is 0 Å². The van der Waals surface area contributed by atoms with Crippen molar-refractivity contribution >= 4 is 43.9 Å². The minimum absolute atomic E-state index is 0.0184. The topological polar surface area (TPSA) is 121 Å². The maximum absolute atomic E-state index is 13.3. The number of aromatic nitrogens is 2. The highest BCUT2D eigenvalue weighted by atomic mass is 32.2. The lowest BCUT2D eigenvalue weighted by Crippen LogP contribution is -2.35. The van der Waals surface area contributed by atoms with Gasteiger partial charge in [-0.3, -0.25) is 14.8 Å². The van der Waals surface area contributed by atoms with Crippen molar-refractivity contribution in [2.24, 2.45) is 5.14 Å². The van der Waals surface area contributed by atoms with E-state index in [9.17, 15) is 13.2 Å². The molecule has 0 saturated carbocycles. The Morgan fingerprint density at radius 3 is 2.70 bits per heavy atom. The average Bonchev–Trinajstić information content (AvgIpc) is 3.56. The number of primary sulfonamides is 1. The molecule has 0 aliphatic carbocycles. The molecule has 0 bridgehead atoms. The van der Waals surface area contributed by atoms with Crippen molar-refractivity contribution in [1.29, 1.82) is 0 Å². The lowest BCUT2D eigenvalue weighted by molar-refractivity contribution is -0.121. The molecule has 1 aliphatic heterocycles. The zero-order valence-corrected chi connectivity index (χ0v) is 19.3. The fraction of sp³-hybridized carbons (Fsp3) is 0.217. The highest BCUT2D eigenvalue weighted by Gasteiger charge is 2.30. The number of sulfonamides is 1. The predicted octanol–water partition coefficient (Wildman–Crippen LogP) is 3.71. The van der Waals surface area contributed by atoms with Gasteiger partial charge in [-0.25, -0.2) is 13.6 Å². The quantitative estimate of drug-likeness (QED) is 0.388. The van der Waals surface area contributed by atoms with Crippen LogP contribution in [0.25, 0.3) is 22.2 Å². The van der Waals surface area contributed by atoms with E-state index in [1.807, 2.05) is 35.0 Å². The van der Waals surface area contributed by atoms with Crippen LogP contribution in [0.1, 0.15) is 24.4 Å². The van der Waals surface area contributed by atoms with E-state index in [0.29, 0.717) is 16.9 Å². The molecule has 0 unspecified atom stereocenters. The molecule has 10 heteroatoms. The van der Waals surface area contributed by atoms with E-state index in [1.165, 1.54) is 12.1 Å². The molecule has 1 saturated heterocycles. The van der Waals surface area contributed by atoms with Crippen LogP contribution in [0.5, 0.6) is 0 Å². The molecular weight excluding hydrogens is 458 g/mol. The Bertz CT molecular complexity index is 1410. The number of aromatic amines is 1. The summed E-state index contributed by atoms with van der Waals surface area (Å²) in [5, 5.41) is 20.5. The van der Waals surface area contributed by atoms with Crippen LogP contribution in [0.15, 0.2) is 64.2 Å². The molecule has 8 nitrogen and oxygen atoms in total. The second kappa shape index (κ2) is 8.71. The predicted molar refractivity (Wildman–Crippen MR) is 129 cm³/mol. The van der Waals surface area contributed by atoms with Gasteiger partial charge in [-0.05, 0) is 78.7 Å². The lowest BCUT2D eigenvalue weighted by Gasteiger charge is -2.26. The van der Waals surface area contributed by atoms with Gasteiger partial charge in [0.2, 0.25) is 15.9 Å². The Kier molecular flexibility index (Phi) is 5.75. The third-order valence-corrected chi connectivity index (χ3v) is 7.49. The van der Waals surface area contributed by atoms with E-state index in [2.05, 4.69) is 20.4 Å². The van der Waals surface area contributed by atoms with Crippen LogP contribution in [-0.2, 0) is 14.8 Å². The number of carbonyl (C=O) groups is 1. The summed E-state index contributed by atoms with van der Waals surface area (Å²) >= 11 is 1.59. The summed E-state index contributed by atoms with van der Waals surface area (Å²) in [4.78, 5) is 15.6. The minimum Gasteiger partial charge on any atom is -0.324 e. The third-order valence-electron chi connectivity index (χ3n) is 5.88. The number of nitrogens with zero attached hydrogens (tertiary/aromatic N) is 2. The van der Waals surface area contributed by atoms with Crippen LogP contribution in [0.4, 0.5) is 5.69 Å². The number of hydrogen-bond donors (Lipinski definition) is 3. The number of benzene rings is 2. The third kappa shape index (κ3) is 4.42. The fourth-order valence-corrected chi connectivity index (χ4v) is 5.54. The van der Waals surface area contributed by atoms with Gasteiger partial charge in [-0.15, -0.1) is 0 Å². The first kappa shape index (κ1) is 21.8. The molecule has 2 aromatic carbocycles. The van der Waals surface area contributed by atoms with Crippen molar-refractivity contribution in [3.63, 3.8) is 0 Å². The Labute approximate surface area is 195 Å². The average molecular weight is 482 g/mol. The number of nitrogens with two attached hydrogens (primary N) is 1. The van der Waals surface area contributed by atoms with Crippen LogP contribution >= 0.6 is 11.3 Å². The first-order valence-corrected chi connectivity index (χ1v) is 13.1. The second-order valence-corrected chi connectivity index (χ2v) is 10.4. The molecular formula is C23H23N5O3S2. The van der Waals surface area contributed by atoms with Crippen molar-refractivity contribution in [3.05, 3.63) is 64.9 Å². The molecule has 3 heterocycles. The number of H-pyrrole nitrogens is 1. The SMILES string of the molecule is NS(=O)(=O)c1cccc(-c2n[nH]c3ccc(NC(=O)[C@@H](c4ccsc4)N4CCCC4)cc23)c1. The van der Waals surface area contributed by atoms with Crippen molar-refractivity contribution in [2.45, 2.75) is 23.8 Å². The minimum atomic E-state index is -3.83. The Hall–Kier alpha value is -3.05. The Balaban J connectivity index is 1.47. The molecule has 1 fully saturated rings. The smallest absolute Gasteiger partial charge is 0.246 e. The summed E-state index contributed by atoms with van der Waals surface area (Å²) in [5.41, 5.74) is 3.63. The number of fused-ring (bicyclic) bond motifs is 1. The number of anilines is 1. The van der Waals surface area contributed by atoms with Gasteiger partial charge in [0.05, 0.1) is 10.4 Å². The zero-order chi connectivity index (χ0) is 23.0. The standard InChI is InChI=1S/C23H23N5O3S2/c24-33(30,31)18-5-3-4-15(12-18)21-19-13-17(6-7-20(19)26-27-21)25-23(29)22(16-8-11-32-14-16)28-9-1-2-10-28/h3-8,11-14,22H,1-2,9-10H2,(H,25,29)(H,26,27)(H2,24,30,31)/t22-/m1/s1. The van der Waals surface area contributed by atoms with Crippen molar-refractivity contribution in [3.8, 4) is 11.3 Å². The number of carbonyl (C=O) groups excluding carboxylic acids is 1. The summed E-state index contributed by atoms with van der Waals surface area (Å²) in [5.74, 6) is -0.0732. The van der Waals surface area contributed by atoms with E-state index in [1.54, 1.807) is 23.5 Å². The number of amides is 1. The second-order valence-electron chi connectivity index (χ2n) is 8.10. The molecule has 1 amide bonds. The highest BCUT2D eigenvalue weighted by molar-refractivity contribution is 7.89. The van der Waals surface area contributed by atoms with Gasteiger partial charge in [-0.2, -0.15) is 16.4 Å². The maximum Gasteiger partial charge on any atom is 0.246 e. The molecule has 1 atom stereocenters. The molecule has 5 rings (SSSR count). The van der Waals surface area contributed by atoms with Crippen molar-refractivity contribution < 1.29 is 13.2 Å². The molecule has 2 aromatic heterocycles. The Morgan fingerprint density at radius 1 is 1.15 bits per heavy atom. The molecule has 0 spiro atoms. The van der Waals surface area contributed by atoms with Crippen LogP contribution in [-0.4, -0.2) is 42.5 Å². The Morgan fingerprint density at radius 2 is 1.97 bits per heavy atom. The summed E-state index contributed by atoms with van der Waals surface area (Å²) in [7, 11) is -3.83. The van der Waals surface area contributed by atoms with Gasteiger partial charge < -0.3 is 5.32 Å². The lowest BCUT2D eigenvalue weighted by atomic mass is 10.1. The number of thiophene rings is 1. The van der Waals surface area contributed by atoms with Gasteiger partial charge >= 0.3 is 0 Å². The van der Waals surface area contributed by atoms with Crippen molar-refractivity contribution in [2.75, 3.05) is 18.4 Å². The van der Waals surface area contributed by atoms with E-state index < -0.39 is 10.0 Å². The molecule has 0 radical (unpaired) electrons. The van der Waals surface area contributed by atoms with Gasteiger partial charge in [0, 0.05) is 16.6 Å². The summed E-state index contributed by atoms with van der Waals surface area (Å²) in [6, 6.07) is 13.5. The zero-order valence-electron chi connectivity index (χ0n) is 17.7. The van der Waals surface area contributed by atoms with Crippen molar-refractivity contribution in [1.82, 2.24) is 15.1 Å². The van der Waals surface area contributed by atoms with E-state index in [0.717, 1.165) is 42.4 Å². The monoisotopic (exact) mass is 481 g/mol. The number of nitrogens with one attached hydrogen (secondary N) is 2. The molecule has 170 valence electrons. The largest absolute Gasteiger partial charge is 0.324 e. The summed E-state index contributed by atoms with van der Waals surface area (Å²) in [6.07, 6.45) is 2.19. The number of hydrogen-bond acceptors (Lipinski definition) is 6. The first-order chi connectivity index (χ1) is 15.9. The number of rotatable bonds is 6.